The van der Waals surface area contributed by atoms with Gasteiger partial charge in [0.2, 0.25) is 0 Å². The lowest BCUT2D eigenvalue weighted by Crippen LogP contribution is -2.49. The van der Waals surface area contributed by atoms with Crippen LogP contribution in [0.15, 0.2) is 12.2 Å². The lowest BCUT2D eigenvalue weighted by Gasteiger charge is -2.39. The molecule has 0 unspecified atom stereocenters. The van der Waals surface area contributed by atoms with Crippen molar-refractivity contribution in [1.82, 2.24) is 0 Å². The zero-order chi connectivity index (χ0) is 12.0. The Morgan fingerprint density at radius 3 is 2.62 bits per heavy atom. The molecule has 0 N–H and O–H groups in total. The van der Waals surface area contributed by atoms with E-state index in [1.54, 1.807) is 0 Å². The Labute approximate surface area is 96.8 Å². The lowest BCUT2D eigenvalue weighted by molar-refractivity contribution is -0.178. The molecule has 1 aliphatic carbocycles. The van der Waals surface area contributed by atoms with Crippen LogP contribution in [0.25, 0.3) is 0 Å². The molecule has 0 radical (unpaired) electrons. The molecule has 3 nitrogen and oxygen atoms in total. The molecule has 3 heteroatoms. The summed E-state index contributed by atoms with van der Waals surface area (Å²) < 4.78 is 11.6. The van der Waals surface area contributed by atoms with Crippen LogP contribution < -0.4 is 0 Å². The van der Waals surface area contributed by atoms with Gasteiger partial charge in [0, 0.05) is 0 Å². The van der Waals surface area contributed by atoms with E-state index >= 15 is 0 Å². The highest BCUT2D eigenvalue weighted by molar-refractivity contribution is 5.74. The van der Waals surface area contributed by atoms with Gasteiger partial charge < -0.3 is 9.47 Å². The maximum absolute atomic E-state index is 12.0. The number of allylic oxidation sites excluding steroid dienone is 1. The molecular weight excluding hydrogens is 204 g/mol. The fraction of sp³-hybridized carbons (Fsp3) is 0.769. The fourth-order valence-corrected chi connectivity index (χ4v) is 2.11. The Kier molecular flexibility index (Phi) is 2.61. The summed E-state index contributed by atoms with van der Waals surface area (Å²) >= 11 is 0. The predicted molar refractivity (Wildman–Crippen MR) is 61.0 cm³/mol. The van der Waals surface area contributed by atoms with Crippen molar-refractivity contribution in [2.75, 3.05) is 0 Å². The largest absolute Gasteiger partial charge is 0.456 e. The average molecular weight is 224 g/mol. The van der Waals surface area contributed by atoms with Gasteiger partial charge in [0.25, 0.3) is 0 Å². The Bertz CT molecular complexity index is 328. The number of cyclic esters (lactones) is 1. The van der Waals surface area contributed by atoms with Crippen LogP contribution in [0.1, 0.15) is 40.5 Å². The van der Waals surface area contributed by atoms with Crippen LogP contribution in [0.5, 0.6) is 0 Å². The van der Waals surface area contributed by atoms with Crippen LogP contribution in [0.4, 0.5) is 0 Å². The molecule has 16 heavy (non-hydrogen) atoms. The third kappa shape index (κ3) is 1.77. The smallest absolute Gasteiger partial charge is 0.312 e. The van der Waals surface area contributed by atoms with Crippen molar-refractivity contribution in [3.8, 4) is 0 Å². The summed E-state index contributed by atoms with van der Waals surface area (Å²) in [4.78, 5) is 12.0. The zero-order valence-electron chi connectivity index (χ0n) is 10.4. The van der Waals surface area contributed by atoms with Crippen molar-refractivity contribution in [3.63, 3.8) is 0 Å². The molecule has 1 aliphatic heterocycles. The van der Waals surface area contributed by atoms with E-state index in [1.807, 2.05) is 33.8 Å². The van der Waals surface area contributed by atoms with Crippen molar-refractivity contribution in [2.45, 2.75) is 57.8 Å². The number of hydrogen-bond acceptors (Lipinski definition) is 3. The highest BCUT2D eigenvalue weighted by Gasteiger charge is 2.49. The molecule has 0 aromatic heterocycles. The number of ether oxygens (including phenoxy) is 2. The third-order valence-corrected chi connectivity index (χ3v) is 3.91. The third-order valence-electron chi connectivity index (χ3n) is 3.91. The number of rotatable bonds is 0. The van der Waals surface area contributed by atoms with E-state index in [0.717, 1.165) is 12.8 Å². The van der Waals surface area contributed by atoms with Crippen LogP contribution in [0.2, 0.25) is 0 Å². The van der Waals surface area contributed by atoms with Crippen molar-refractivity contribution >= 4 is 5.97 Å². The monoisotopic (exact) mass is 224 g/mol. The molecule has 1 fully saturated rings. The van der Waals surface area contributed by atoms with Crippen LogP contribution in [0, 0.1) is 5.92 Å². The van der Waals surface area contributed by atoms with Crippen LogP contribution >= 0.6 is 0 Å². The molecule has 0 saturated carbocycles. The fourth-order valence-electron chi connectivity index (χ4n) is 2.11. The maximum atomic E-state index is 12.0. The Morgan fingerprint density at radius 1 is 1.25 bits per heavy atom. The lowest BCUT2D eigenvalue weighted by atomic mass is 9.88. The number of esters is 1. The Hall–Kier alpha value is -0.830. The second-order valence-electron chi connectivity index (χ2n) is 5.64. The predicted octanol–water partition coefficient (Wildman–Crippen LogP) is 2.45. The normalized spacial score (nSPS) is 36.1. The minimum absolute atomic E-state index is 0.120. The molecule has 0 aromatic carbocycles. The first-order valence-corrected chi connectivity index (χ1v) is 5.91. The van der Waals surface area contributed by atoms with Gasteiger partial charge in [-0.25, -0.2) is 0 Å². The Morgan fingerprint density at radius 2 is 1.94 bits per heavy atom. The maximum Gasteiger partial charge on any atom is 0.312 e. The molecule has 90 valence electrons. The summed E-state index contributed by atoms with van der Waals surface area (Å²) in [7, 11) is 0. The van der Waals surface area contributed by atoms with Crippen LogP contribution in [0.3, 0.4) is 0 Å². The van der Waals surface area contributed by atoms with Gasteiger partial charge in [-0.05, 0) is 40.5 Å². The molecule has 0 amide bonds. The van der Waals surface area contributed by atoms with Crippen molar-refractivity contribution in [2.24, 2.45) is 5.92 Å². The van der Waals surface area contributed by atoms with Gasteiger partial charge in [-0.1, -0.05) is 12.2 Å². The standard InChI is InChI=1S/C13H20O3/c1-12(2)13(3,4)16-11(14)9-7-5-6-8-10(9)15-12/h6,8-10H,5,7H2,1-4H3/t9-,10+/m1/s1. The van der Waals surface area contributed by atoms with E-state index in [0.29, 0.717) is 0 Å². The summed E-state index contributed by atoms with van der Waals surface area (Å²) in [6.07, 6.45) is 5.71. The van der Waals surface area contributed by atoms with Gasteiger partial charge >= 0.3 is 5.97 Å². The number of fused-ring (bicyclic) bond motifs is 1. The molecule has 1 saturated heterocycles. The zero-order valence-corrected chi connectivity index (χ0v) is 10.4. The molecular formula is C13H20O3. The number of carbonyl (C=O) groups is 1. The van der Waals surface area contributed by atoms with Gasteiger partial charge in [-0.3, -0.25) is 4.79 Å². The minimum Gasteiger partial charge on any atom is -0.456 e. The van der Waals surface area contributed by atoms with Gasteiger partial charge in [0.15, 0.2) is 0 Å². The van der Waals surface area contributed by atoms with Crippen LogP contribution in [-0.4, -0.2) is 23.3 Å². The van der Waals surface area contributed by atoms with Crippen molar-refractivity contribution in [1.29, 1.82) is 0 Å². The molecule has 0 spiro atoms. The molecule has 0 aromatic rings. The quantitative estimate of drug-likeness (QED) is 0.468. The number of carbonyl (C=O) groups excluding carboxylic acids is 1. The molecule has 2 atom stereocenters. The van der Waals surface area contributed by atoms with E-state index in [1.165, 1.54) is 0 Å². The second kappa shape index (κ2) is 3.59. The van der Waals surface area contributed by atoms with Gasteiger partial charge in [0.1, 0.15) is 11.2 Å². The topological polar surface area (TPSA) is 35.5 Å². The minimum atomic E-state index is -0.588. The van der Waals surface area contributed by atoms with E-state index in [-0.39, 0.29) is 18.0 Å². The van der Waals surface area contributed by atoms with E-state index in [9.17, 15) is 4.79 Å². The first-order valence-electron chi connectivity index (χ1n) is 5.91. The van der Waals surface area contributed by atoms with Gasteiger partial charge in [0.05, 0.1) is 12.0 Å². The molecule has 2 rings (SSSR count). The van der Waals surface area contributed by atoms with Crippen molar-refractivity contribution < 1.29 is 14.3 Å². The first kappa shape index (κ1) is 11.6. The summed E-state index contributed by atoms with van der Waals surface area (Å²) in [5.74, 6) is -0.254. The summed E-state index contributed by atoms with van der Waals surface area (Å²) in [5, 5.41) is 0. The summed E-state index contributed by atoms with van der Waals surface area (Å²) in [5.41, 5.74) is -1.06. The Balaban J connectivity index is 2.34. The highest BCUT2D eigenvalue weighted by Crippen LogP contribution is 2.38. The van der Waals surface area contributed by atoms with Crippen LogP contribution in [-0.2, 0) is 14.3 Å². The summed E-state index contributed by atoms with van der Waals surface area (Å²) in [6.45, 7) is 7.77. The van der Waals surface area contributed by atoms with Gasteiger partial charge in [-0.15, -0.1) is 0 Å². The first-order chi connectivity index (χ1) is 7.33. The number of hydrogen-bond donors (Lipinski definition) is 0. The molecule has 2 aliphatic rings. The highest BCUT2D eigenvalue weighted by atomic mass is 16.6. The molecule has 0 bridgehead atoms. The summed E-state index contributed by atoms with van der Waals surface area (Å²) in [6, 6.07) is 0. The van der Waals surface area contributed by atoms with E-state index < -0.39 is 11.2 Å². The van der Waals surface area contributed by atoms with E-state index in [4.69, 9.17) is 9.47 Å². The van der Waals surface area contributed by atoms with E-state index in [2.05, 4.69) is 6.08 Å². The van der Waals surface area contributed by atoms with Gasteiger partial charge in [-0.2, -0.15) is 0 Å². The van der Waals surface area contributed by atoms with Crippen molar-refractivity contribution in [3.05, 3.63) is 12.2 Å². The second-order valence-corrected chi connectivity index (χ2v) is 5.64. The molecule has 1 heterocycles. The SMILES string of the molecule is CC1(C)OC(=O)[C@@H]2CCC=C[C@@H]2OC1(C)C. The average Bonchev–Trinajstić information content (AvgIpc) is 2.22.